The standard InChI is InChI=1S/C62H62N14O13S6/c1-29(2)46(73-53(82)47-30(3)94-55(74-47)37(63)19-44(78)64-4)59-75-49(42(95-59)24-88-5)52(81)66-21-45(79)72-50(51(80)32-9-7-6-8-10-32)58-70-41(27-92-58)57-69-40(26-91-57)48-36(54-67-34(23-77)25-90-54)16-18-38(68-48)56-71-43(28-93-56)76(22-31-11-17-39(61(85)86)65-20-31)62(87)89-35-14-12-33(13-15-35)60(83)84/h6-11,16-18,20,23,25-29,33,35,37,46,50-51,80H,12-15,19,21-22,24,63H2,1-5H3,(H,64,78)(H,66,81)(H,72,79)(H,73,82)(H,83,84)(H,85,86)/t33?,35?,37-,46?,50-,51-/m0/s1. The lowest BCUT2D eigenvalue weighted by molar-refractivity contribution is -0.143. The van der Waals surface area contributed by atoms with Gasteiger partial charge in [0.2, 0.25) is 11.8 Å². The minimum absolute atomic E-state index is 0.00765. The average molecular weight is 1400 g/mol. The van der Waals surface area contributed by atoms with Crippen LogP contribution in [-0.2, 0) is 37.0 Å². The van der Waals surface area contributed by atoms with Gasteiger partial charge in [-0.05, 0) is 67.9 Å². The molecule has 1 aliphatic rings. The molecule has 4 atom stereocenters. The lowest BCUT2D eigenvalue weighted by Crippen LogP contribution is -2.40. The molecule has 1 fully saturated rings. The van der Waals surface area contributed by atoms with Gasteiger partial charge in [-0.3, -0.25) is 33.7 Å². The highest BCUT2D eigenvalue weighted by Gasteiger charge is 2.34. The van der Waals surface area contributed by atoms with E-state index in [0.717, 1.165) is 11.3 Å². The van der Waals surface area contributed by atoms with Gasteiger partial charge in [0.15, 0.2) is 6.29 Å². The molecule has 0 aliphatic heterocycles. The van der Waals surface area contributed by atoms with Gasteiger partial charge in [-0.1, -0.05) is 50.2 Å². The number of rotatable bonds is 27. The Morgan fingerprint density at radius 3 is 2.15 bits per heavy atom. The topological polar surface area (TPSA) is 396 Å². The van der Waals surface area contributed by atoms with E-state index in [9.17, 15) is 53.7 Å². The molecule has 33 heteroatoms. The van der Waals surface area contributed by atoms with Gasteiger partial charge in [0.1, 0.15) is 94.0 Å². The van der Waals surface area contributed by atoms with Gasteiger partial charge >= 0.3 is 18.0 Å². The minimum atomic E-state index is -1.32. The Kier molecular flexibility index (Phi) is 22.4. The summed E-state index contributed by atoms with van der Waals surface area (Å²) in [6.07, 6.45) is 0.728. The van der Waals surface area contributed by atoms with E-state index in [-0.39, 0.29) is 60.0 Å². The number of carbonyl (C=O) groups is 8. The number of carbonyl (C=O) groups excluding carboxylic acids is 6. The Morgan fingerprint density at radius 2 is 1.46 bits per heavy atom. The molecule has 8 heterocycles. The number of hydrogen-bond donors (Lipinski definition) is 8. The first-order chi connectivity index (χ1) is 45.7. The molecule has 95 heavy (non-hydrogen) atoms. The van der Waals surface area contributed by atoms with Crippen molar-refractivity contribution >= 4 is 122 Å². The number of anilines is 1. The van der Waals surface area contributed by atoms with Crippen molar-refractivity contribution in [1.29, 1.82) is 0 Å². The highest BCUT2D eigenvalue weighted by molar-refractivity contribution is 7.15. The molecular weight excluding hydrogens is 1340 g/mol. The molecule has 0 saturated heterocycles. The van der Waals surface area contributed by atoms with Crippen LogP contribution < -0.4 is 31.9 Å². The van der Waals surface area contributed by atoms with Gasteiger partial charge in [-0.15, -0.1) is 68.0 Å². The first-order valence-corrected chi connectivity index (χ1v) is 34.6. The van der Waals surface area contributed by atoms with Crippen molar-refractivity contribution in [3.63, 3.8) is 0 Å². The molecule has 10 rings (SSSR count). The van der Waals surface area contributed by atoms with E-state index in [2.05, 4.69) is 41.2 Å². The number of aliphatic hydroxyl groups is 1. The fraction of sp³-hybridized carbons (Fsp3) is 0.323. The van der Waals surface area contributed by atoms with Gasteiger partial charge < -0.3 is 51.8 Å². The maximum Gasteiger partial charge on any atom is 0.416 e. The number of carboxylic acid groups (broad SMARTS) is 2. The number of amides is 5. The number of benzene rings is 1. The van der Waals surface area contributed by atoms with Crippen molar-refractivity contribution in [2.45, 2.75) is 96.4 Å². The van der Waals surface area contributed by atoms with Crippen molar-refractivity contribution in [3.8, 4) is 43.4 Å². The summed E-state index contributed by atoms with van der Waals surface area (Å²) in [5, 5.41) is 51.3. The van der Waals surface area contributed by atoms with Crippen molar-refractivity contribution in [2.75, 3.05) is 25.6 Å². The molecule has 1 unspecified atom stereocenters. The second-order valence-electron chi connectivity index (χ2n) is 22.0. The number of aliphatic hydroxyl groups excluding tert-OH is 1. The molecule has 494 valence electrons. The number of nitrogens with zero attached hydrogens (tertiary/aromatic N) is 9. The summed E-state index contributed by atoms with van der Waals surface area (Å²) in [5.74, 6) is -4.81. The molecule has 1 aromatic carbocycles. The number of aldehydes is 1. The summed E-state index contributed by atoms with van der Waals surface area (Å²) in [7, 11) is 2.97. The van der Waals surface area contributed by atoms with Gasteiger partial charge in [0.05, 0.1) is 48.3 Å². The van der Waals surface area contributed by atoms with E-state index < -0.39 is 78.5 Å². The first kappa shape index (κ1) is 68.8. The van der Waals surface area contributed by atoms with E-state index in [1.165, 1.54) is 94.1 Å². The number of aromatic carboxylic acids is 1. The van der Waals surface area contributed by atoms with E-state index in [1.807, 2.05) is 13.8 Å². The van der Waals surface area contributed by atoms with Crippen LogP contribution in [0.2, 0.25) is 0 Å². The number of thiazole rings is 6. The fourth-order valence-electron chi connectivity index (χ4n) is 10.0. The second kappa shape index (κ2) is 31.0. The number of hydrogen-bond acceptors (Lipinski definition) is 26. The Balaban J connectivity index is 0.877. The third-order valence-electron chi connectivity index (χ3n) is 15.0. The highest BCUT2D eigenvalue weighted by atomic mass is 32.1. The smallest absolute Gasteiger partial charge is 0.416 e. The summed E-state index contributed by atoms with van der Waals surface area (Å²) in [6, 6.07) is 12.5. The van der Waals surface area contributed by atoms with Gasteiger partial charge in [0.25, 0.3) is 11.8 Å². The Hall–Kier alpha value is -9.06. The fourth-order valence-corrected chi connectivity index (χ4v) is 15.5. The molecule has 1 saturated carbocycles. The molecule has 9 N–H and O–H groups in total. The number of carboxylic acids is 2. The molecule has 0 bridgehead atoms. The van der Waals surface area contributed by atoms with Crippen LogP contribution in [0.25, 0.3) is 43.4 Å². The summed E-state index contributed by atoms with van der Waals surface area (Å²) in [4.78, 5) is 143. The number of ether oxygens (including phenoxy) is 2. The lowest BCUT2D eigenvalue weighted by Gasteiger charge is -2.28. The third-order valence-corrected chi connectivity index (χ3v) is 20.8. The summed E-state index contributed by atoms with van der Waals surface area (Å²) >= 11 is 7.20. The lowest BCUT2D eigenvalue weighted by atomic mass is 9.87. The van der Waals surface area contributed by atoms with Crippen LogP contribution in [0, 0.1) is 18.8 Å². The van der Waals surface area contributed by atoms with Crippen LogP contribution in [0.5, 0.6) is 0 Å². The summed E-state index contributed by atoms with van der Waals surface area (Å²) < 4.78 is 11.4. The zero-order valence-corrected chi connectivity index (χ0v) is 56.2. The Labute approximate surface area is 566 Å². The molecular formula is C62H62N14O13S6. The highest BCUT2D eigenvalue weighted by Crippen LogP contribution is 2.41. The predicted molar refractivity (Wildman–Crippen MR) is 356 cm³/mol. The number of nitrogens with two attached hydrogens (primary N) is 1. The SMILES string of the molecule is CNC(=O)C[C@H](N)c1nc(C(=O)NC(c2nc(C(=O)NCC(=O)N[C@H](c3nc(-c4nc(-c5nc(-c6nc(N(Cc7ccc(C(=O)O)nc7)C(=O)OC7CCC(C(=O)O)CC7)cs6)ccc5-c5nc(C=O)cs5)cs4)cs3)[C@@H](O)c3ccccc3)c(COC)s2)C(C)C)c(C)s1. The van der Waals surface area contributed by atoms with Crippen LogP contribution in [0.4, 0.5) is 10.6 Å². The quantitative estimate of drug-likeness (QED) is 0.0222. The number of aryl methyl sites for hydroxylation is 1. The van der Waals surface area contributed by atoms with Crippen LogP contribution in [0.1, 0.15) is 148 Å². The normalized spacial score (nSPS) is 15.1. The van der Waals surface area contributed by atoms with Crippen molar-refractivity contribution < 1.29 is 63.1 Å². The number of methoxy groups -OCH3 is 1. The Morgan fingerprint density at radius 1 is 0.737 bits per heavy atom. The molecule has 1 aliphatic carbocycles. The maximum atomic E-state index is 14.1. The van der Waals surface area contributed by atoms with Gasteiger partial charge in [0, 0.05) is 58.7 Å². The molecule has 27 nitrogen and oxygen atoms in total. The number of pyridine rings is 2. The number of aliphatic carboxylic acids is 1. The zero-order chi connectivity index (χ0) is 67.6. The molecule has 8 aromatic heterocycles. The van der Waals surface area contributed by atoms with E-state index in [1.54, 1.807) is 70.9 Å². The molecule has 9 aromatic rings. The van der Waals surface area contributed by atoms with Crippen LogP contribution >= 0.6 is 68.0 Å². The van der Waals surface area contributed by atoms with Crippen molar-refractivity contribution in [3.05, 3.63) is 141 Å². The van der Waals surface area contributed by atoms with Crippen LogP contribution in [0.15, 0.2) is 82.3 Å². The summed E-state index contributed by atoms with van der Waals surface area (Å²) in [6.45, 7) is 4.84. The van der Waals surface area contributed by atoms with E-state index in [0.29, 0.717) is 111 Å². The van der Waals surface area contributed by atoms with E-state index >= 15 is 0 Å². The van der Waals surface area contributed by atoms with Gasteiger partial charge in [-0.25, -0.2) is 49.5 Å². The largest absolute Gasteiger partial charge is 0.481 e. The zero-order valence-electron chi connectivity index (χ0n) is 51.3. The monoisotopic (exact) mass is 1400 g/mol. The molecule has 0 spiro atoms. The Bertz CT molecular complexity index is 4270. The molecule has 0 radical (unpaired) electrons. The van der Waals surface area contributed by atoms with E-state index in [4.69, 9.17) is 35.1 Å². The van der Waals surface area contributed by atoms with Crippen molar-refractivity contribution in [1.82, 2.24) is 61.1 Å². The molecule has 5 amide bonds. The predicted octanol–water partition coefficient (Wildman–Crippen LogP) is 9.22. The first-order valence-electron chi connectivity index (χ1n) is 29.4. The van der Waals surface area contributed by atoms with Gasteiger partial charge in [-0.2, -0.15) is 0 Å². The number of nitrogens with one attached hydrogen (secondary N) is 4. The summed E-state index contributed by atoms with van der Waals surface area (Å²) in [5.41, 5.74) is 9.42. The maximum absolute atomic E-state index is 14.1. The average Bonchev–Trinajstić information content (AvgIpc) is 2.10. The second-order valence-corrected chi connectivity index (χ2v) is 27.8. The number of aromatic nitrogens is 8. The van der Waals surface area contributed by atoms with Crippen LogP contribution in [0.3, 0.4) is 0 Å². The third kappa shape index (κ3) is 16.5. The van der Waals surface area contributed by atoms with Crippen LogP contribution in [-0.4, -0.2) is 130 Å². The van der Waals surface area contributed by atoms with Crippen molar-refractivity contribution in [2.24, 2.45) is 17.6 Å². The minimum Gasteiger partial charge on any atom is -0.481 e.